The molecule has 0 aliphatic rings. The Hall–Kier alpha value is -3.96. The second kappa shape index (κ2) is 12.1. The number of ether oxygens (including phenoxy) is 1. The number of hydrogen-bond donors (Lipinski definition) is 3. The van der Waals surface area contributed by atoms with E-state index in [-0.39, 0.29) is 5.75 Å². The van der Waals surface area contributed by atoms with E-state index in [0.717, 1.165) is 26.8 Å². The lowest BCUT2D eigenvalue weighted by atomic mass is 9.96. The number of carbonyl (C=O) groups excluding carboxylic acids is 3. The third-order valence-corrected chi connectivity index (χ3v) is 6.17. The molecule has 7 nitrogen and oxygen atoms in total. The van der Waals surface area contributed by atoms with Crippen LogP contribution in [0.3, 0.4) is 0 Å². The Kier molecular flexibility index (Phi) is 9.08. The molecule has 0 aliphatic carbocycles. The second-order valence-corrected chi connectivity index (χ2v) is 10.4. The number of carbonyl (C=O) groups is 3. The number of fused-ring (bicyclic) bond motifs is 1. The Bertz CT molecular complexity index is 1390. The molecule has 3 aromatic carbocycles. The summed E-state index contributed by atoms with van der Waals surface area (Å²) in [5.41, 5.74) is 2.05. The number of rotatable bonds is 7. The molecule has 3 amide bonds. The van der Waals surface area contributed by atoms with E-state index >= 15 is 0 Å². The summed E-state index contributed by atoms with van der Waals surface area (Å²) < 4.78 is 5.29. The average Bonchev–Trinajstić information content (AvgIpc) is 2.85. The molecule has 0 heterocycles. The standard InChI is InChI=1S/C30H33N3O4S/c1-7-33(28(35)25(18-38)32-29(36)37-30(4,5)6)26(24-16-19(2)12-13-20(24)3)27(34)31-23-15-14-21-10-8-9-11-22(21)17-23/h1,8-17,25-26,38H,18H2,2-6H3,(H,31,34)(H,32,36). The number of nitrogens with zero attached hydrogens (tertiary/aromatic N) is 1. The van der Waals surface area contributed by atoms with Gasteiger partial charge in [0, 0.05) is 17.5 Å². The van der Waals surface area contributed by atoms with E-state index < -0.39 is 35.6 Å². The lowest BCUT2D eigenvalue weighted by molar-refractivity contribution is -0.136. The van der Waals surface area contributed by atoms with Gasteiger partial charge in [-0.05, 0) is 68.7 Å². The first-order valence-electron chi connectivity index (χ1n) is 12.2. The van der Waals surface area contributed by atoms with Crippen molar-refractivity contribution in [1.82, 2.24) is 10.2 Å². The third kappa shape index (κ3) is 7.08. The van der Waals surface area contributed by atoms with E-state index in [2.05, 4.69) is 29.3 Å². The van der Waals surface area contributed by atoms with E-state index in [0.29, 0.717) is 11.3 Å². The van der Waals surface area contributed by atoms with Crippen molar-refractivity contribution in [2.45, 2.75) is 52.3 Å². The Morgan fingerprint density at radius 1 is 1.03 bits per heavy atom. The molecule has 8 heteroatoms. The number of amides is 3. The normalized spacial score (nSPS) is 12.7. The lowest BCUT2D eigenvalue weighted by Gasteiger charge is -2.30. The molecular weight excluding hydrogens is 498 g/mol. The molecule has 0 aromatic heterocycles. The topological polar surface area (TPSA) is 87.7 Å². The first-order valence-corrected chi connectivity index (χ1v) is 12.8. The zero-order valence-corrected chi connectivity index (χ0v) is 23.1. The van der Waals surface area contributed by atoms with Gasteiger partial charge >= 0.3 is 6.09 Å². The molecule has 0 saturated carbocycles. The molecule has 2 unspecified atom stereocenters. The fraction of sp³-hybridized carbons (Fsp3) is 0.300. The van der Waals surface area contributed by atoms with Crippen molar-refractivity contribution in [3.05, 3.63) is 77.4 Å². The minimum Gasteiger partial charge on any atom is -0.444 e. The SMILES string of the molecule is C#CN(C(=O)C(CS)NC(=O)OC(C)(C)C)C(C(=O)Nc1ccc2ccccc2c1)c1cc(C)ccc1C. The molecule has 2 atom stereocenters. The number of benzene rings is 3. The highest BCUT2D eigenvalue weighted by Crippen LogP contribution is 2.28. The molecule has 0 radical (unpaired) electrons. The van der Waals surface area contributed by atoms with Crippen molar-refractivity contribution in [3.63, 3.8) is 0 Å². The quantitative estimate of drug-likeness (QED) is 0.217. The number of anilines is 1. The summed E-state index contributed by atoms with van der Waals surface area (Å²) in [4.78, 5) is 40.8. The van der Waals surface area contributed by atoms with Crippen LogP contribution in [-0.2, 0) is 14.3 Å². The van der Waals surface area contributed by atoms with Crippen LogP contribution in [-0.4, -0.2) is 40.2 Å². The highest BCUT2D eigenvalue weighted by Gasteiger charge is 2.36. The molecule has 38 heavy (non-hydrogen) atoms. The first kappa shape index (κ1) is 28.6. The largest absolute Gasteiger partial charge is 0.444 e. The van der Waals surface area contributed by atoms with Crippen LogP contribution in [0.1, 0.15) is 43.5 Å². The number of terminal acetylenes is 1. The maximum absolute atomic E-state index is 13.8. The number of alkyl carbamates (subject to hydrolysis) is 1. The summed E-state index contributed by atoms with van der Waals surface area (Å²) in [5.74, 6) is -1.20. The number of hydrogen-bond acceptors (Lipinski definition) is 5. The van der Waals surface area contributed by atoms with Crippen molar-refractivity contribution in [2.24, 2.45) is 0 Å². The smallest absolute Gasteiger partial charge is 0.408 e. The fourth-order valence-corrected chi connectivity index (χ4v) is 4.25. The highest BCUT2D eigenvalue weighted by molar-refractivity contribution is 7.80. The monoisotopic (exact) mass is 531 g/mol. The zero-order chi connectivity index (χ0) is 28.0. The van der Waals surface area contributed by atoms with Crippen molar-refractivity contribution < 1.29 is 19.1 Å². The van der Waals surface area contributed by atoms with Crippen LogP contribution in [0.25, 0.3) is 10.8 Å². The fourth-order valence-electron chi connectivity index (χ4n) is 4.00. The number of thiol groups is 1. The molecule has 0 bridgehead atoms. The van der Waals surface area contributed by atoms with Gasteiger partial charge in [0.1, 0.15) is 17.7 Å². The van der Waals surface area contributed by atoms with E-state index in [9.17, 15) is 14.4 Å². The van der Waals surface area contributed by atoms with Gasteiger partial charge in [0.2, 0.25) is 0 Å². The van der Waals surface area contributed by atoms with Gasteiger partial charge in [-0.15, -0.1) is 0 Å². The Labute approximate surface area is 229 Å². The Morgan fingerprint density at radius 2 is 1.71 bits per heavy atom. The minimum absolute atomic E-state index is 0.0535. The van der Waals surface area contributed by atoms with Crippen LogP contribution >= 0.6 is 12.6 Å². The van der Waals surface area contributed by atoms with E-state index in [1.807, 2.05) is 68.4 Å². The average molecular weight is 532 g/mol. The van der Waals surface area contributed by atoms with E-state index in [1.54, 1.807) is 26.8 Å². The predicted octanol–water partition coefficient (Wildman–Crippen LogP) is 5.38. The van der Waals surface area contributed by atoms with E-state index in [1.165, 1.54) is 0 Å². The molecular formula is C30H33N3O4S. The summed E-state index contributed by atoms with van der Waals surface area (Å²) in [7, 11) is 0. The highest BCUT2D eigenvalue weighted by atomic mass is 32.1. The Balaban J connectivity index is 1.98. The first-order chi connectivity index (χ1) is 17.9. The molecule has 0 fully saturated rings. The number of nitrogens with one attached hydrogen (secondary N) is 2. The summed E-state index contributed by atoms with van der Waals surface area (Å²) in [5, 5.41) is 7.42. The zero-order valence-electron chi connectivity index (χ0n) is 22.2. The summed E-state index contributed by atoms with van der Waals surface area (Å²) >= 11 is 4.25. The van der Waals surface area contributed by atoms with Gasteiger partial charge in [0.25, 0.3) is 11.8 Å². The van der Waals surface area contributed by atoms with Gasteiger partial charge in [0.05, 0.1) is 0 Å². The summed E-state index contributed by atoms with van der Waals surface area (Å²) in [6.45, 7) is 8.88. The molecule has 2 N–H and O–H groups in total. The van der Waals surface area contributed by atoms with Crippen molar-refractivity contribution in [3.8, 4) is 12.5 Å². The summed E-state index contributed by atoms with van der Waals surface area (Å²) in [6, 6.07) is 19.1. The molecule has 3 aromatic rings. The van der Waals surface area contributed by atoms with Gasteiger partial charge < -0.3 is 15.4 Å². The van der Waals surface area contributed by atoms with Gasteiger partial charge in [-0.25, -0.2) is 4.79 Å². The van der Waals surface area contributed by atoms with Crippen LogP contribution in [0.5, 0.6) is 0 Å². The van der Waals surface area contributed by atoms with Crippen LogP contribution < -0.4 is 10.6 Å². The minimum atomic E-state index is -1.17. The Morgan fingerprint density at radius 3 is 2.34 bits per heavy atom. The molecule has 0 spiro atoms. The van der Waals surface area contributed by atoms with Crippen molar-refractivity contribution in [2.75, 3.05) is 11.1 Å². The third-order valence-electron chi connectivity index (χ3n) is 5.80. The van der Waals surface area contributed by atoms with Crippen LogP contribution in [0.4, 0.5) is 10.5 Å². The maximum Gasteiger partial charge on any atom is 0.408 e. The van der Waals surface area contributed by atoms with Crippen LogP contribution in [0.15, 0.2) is 60.7 Å². The van der Waals surface area contributed by atoms with Gasteiger partial charge in [0.15, 0.2) is 0 Å². The molecule has 0 aliphatic heterocycles. The van der Waals surface area contributed by atoms with E-state index in [4.69, 9.17) is 11.2 Å². The molecule has 198 valence electrons. The molecule has 3 rings (SSSR count). The second-order valence-electron chi connectivity index (χ2n) is 10.0. The van der Waals surface area contributed by atoms with Gasteiger partial charge in [-0.3, -0.25) is 14.5 Å². The van der Waals surface area contributed by atoms with Crippen LogP contribution in [0.2, 0.25) is 0 Å². The van der Waals surface area contributed by atoms with Gasteiger partial charge in [-0.2, -0.15) is 12.6 Å². The lowest BCUT2D eigenvalue weighted by Crippen LogP contribution is -2.51. The molecule has 0 saturated heterocycles. The maximum atomic E-state index is 13.8. The summed E-state index contributed by atoms with van der Waals surface area (Å²) in [6.07, 6.45) is 5.05. The van der Waals surface area contributed by atoms with Crippen molar-refractivity contribution >= 4 is 47.0 Å². The van der Waals surface area contributed by atoms with Crippen molar-refractivity contribution in [1.29, 1.82) is 0 Å². The predicted molar refractivity (Wildman–Crippen MR) is 154 cm³/mol. The van der Waals surface area contributed by atoms with Gasteiger partial charge in [-0.1, -0.05) is 60.5 Å². The number of aryl methyl sites for hydroxylation is 2. The van der Waals surface area contributed by atoms with Crippen LogP contribution in [0, 0.1) is 26.3 Å².